The van der Waals surface area contributed by atoms with Crippen molar-refractivity contribution in [1.82, 2.24) is 15.3 Å². The fourth-order valence-corrected chi connectivity index (χ4v) is 3.23. The van der Waals surface area contributed by atoms with Crippen LogP contribution in [0.2, 0.25) is 0 Å². The van der Waals surface area contributed by atoms with E-state index in [4.69, 9.17) is 0 Å². The van der Waals surface area contributed by atoms with Crippen molar-refractivity contribution in [3.63, 3.8) is 0 Å². The summed E-state index contributed by atoms with van der Waals surface area (Å²) in [6.45, 7) is 5.10. The van der Waals surface area contributed by atoms with Crippen LogP contribution in [0, 0.1) is 6.92 Å². The van der Waals surface area contributed by atoms with Gasteiger partial charge in [0.05, 0.1) is 6.04 Å². The van der Waals surface area contributed by atoms with Gasteiger partial charge in [-0.1, -0.05) is 6.92 Å². The first-order chi connectivity index (χ1) is 8.72. The summed E-state index contributed by atoms with van der Waals surface area (Å²) in [5, 5.41) is 7.73. The number of thiophene rings is 1. The zero-order chi connectivity index (χ0) is 13.0. The smallest absolute Gasteiger partial charge is 0.149 e. The maximum absolute atomic E-state index is 4.44. The molecule has 1 N–H and O–H groups in total. The Labute approximate surface area is 120 Å². The Bertz CT molecular complexity index is 495. The van der Waals surface area contributed by atoms with Gasteiger partial charge in [0.2, 0.25) is 0 Å². The lowest BCUT2D eigenvalue weighted by Gasteiger charge is -2.16. The SMILES string of the molecule is CCCNC(c1ncc(C)cn1)c1cscc1Br. The maximum Gasteiger partial charge on any atom is 0.149 e. The van der Waals surface area contributed by atoms with E-state index >= 15 is 0 Å². The molecule has 0 bridgehead atoms. The van der Waals surface area contributed by atoms with Gasteiger partial charge < -0.3 is 5.32 Å². The molecular weight excluding hydrogens is 310 g/mol. The quantitative estimate of drug-likeness (QED) is 0.910. The third kappa shape index (κ3) is 3.16. The molecule has 2 rings (SSSR count). The molecular formula is C13H16BrN3S. The Kier molecular flexibility index (Phi) is 4.86. The Morgan fingerprint density at radius 1 is 1.33 bits per heavy atom. The molecule has 96 valence electrons. The molecule has 18 heavy (non-hydrogen) atoms. The van der Waals surface area contributed by atoms with E-state index in [9.17, 15) is 0 Å². The third-order valence-electron chi connectivity index (χ3n) is 2.61. The summed E-state index contributed by atoms with van der Waals surface area (Å²) in [6, 6.07) is 0.0613. The molecule has 2 aromatic heterocycles. The minimum absolute atomic E-state index is 0.0613. The largest absolute Gasteiger partial charge is 0.304 e. The van der Waals surface area contributed by atoms with Crippen LogP contribution in [0.4, 0.5) is 0 Å². The highest BCUT2D eigenvalue weighted by molar-refractivity contribution is 9.10. The molecule has 3 nitrogen and oxygen atoms in total. The van der Waals surface area contributed by atoms with E-state index in [1.807, 2.05) is 19.3 Å². The molecule has 2 aromatic rings. The first-order valence-corrected chi connectivity index (χ1v) is 7.69. The van der Waals surface area contributed by atoms with E-state index in [1.165, 1.54) is 5.56 Å². The molecule has 0 aliphatic rings. The number of hydrogen-bond acceptors (Lipinski definition) is 4. The van der Waals surface area contributed by atoms with Gasteiger partial charge in [-0.2, -0.15) is 11.3 Å². The molecule has 0 saturated carbocycles. The Morgan fingerprint density at radius 3 is 2.61 bits per heavy atom. The van der Waals surface area contributed by atoms with Crippen LogP contribution in [0.5, 0.6) is 0 Å². The van der Waals surface area contributed by atoms with Crippen molar-refractivity contribution in [1.29, 1.82) is 0 Å². The first-order valence-electron chi connectivity index (χ1n) is 5.96. The van der Waals surface area contributed by atoms with Crippen LogP contribution in [0.15, 0.2) is 27.6 Å². The highest BCUT2D eigenvalue weighted by Gasteiger charge is 2.19. The summed E-state index contributed by atoms with van der Waals surface area (Å²) < 4.78 is 1.12. The van der Waals surface area contributed by atoms with E-state index in [-0.39, 0.29) is 6.04 Å². The third-order valence-corrected chi connectivity index (χ3v) is 4.36. The molecule has 0 aliphatic heterocycles. The lowest BCUT2D eigenvalue weighted by molar-refractivity contribution is 0.571. The van der Waals surface area contributed by atoms with Crippen LogP contribution in [-0.2, 0) is 0 Å². The van der Waals surface area contributed by atoms with E-state index in [0.29, 0.717) is 0 Å². The maximum atomic E-state index is 4.44. The highest BCUT2D eigenvalue weighted by Crippen LogP contribution is 2.30. The molecule has 0 fully saturated rings. The lowest BCUT2D eigenvalue weighted by atomic mass is 10.1. The summed E-state index contributed by atoms with van der Waals surface area (Å²) in [5.41, 5.74) is 2.29. The molecule has 0 aromatic carbocycles. The van der Waals surface area contributed by atoms with Crippen molar-refractivity contribution < 1.29 is 0 Å². The predicted octanol–water partition coefficient (Wildman–Crippen LogP) is 3.70. The monoisotopic (exact) mass is 325 g/mol. The fraction of sp³-hybridized carbons (Fsp3) is 0.385. The van der Waals surface area contributed by atoms with Crippen LogP contribution in [0.1, 0.15) is 36.3 Å². The fourth-order valence-electron chi connectivity index (χ4n) is 1.68. The number of aromatic nitrogens is 2. The van der Waals surface area contributed by atoms with Crippen LogP contribution in [0.25, 0.3) is 0 Å². The van der Waals surface area contributed by atoms with E-state index in [0.717, 1.165) is 28.8 Å². The summed E-state index contributed by atoms with van der Waals surface area (Å²) >= 11 is 5.27. The second-order valence-corrected chi connectivity index (χ2v) is 5.78. The van der Waals surface area contributed by atoms with Gasteiger partial charge in [-0.3, -0.25) is 0 Å². The van der Waals surface area contributed by atoms with Crippen LogP contribution >= 0.6 is 27.3 Å². The summed E-state index contributed by atoms with van der Waals surface area (Å²) in [4.78, 5) is 8.88. The average Bonchev–Trinajstić information content (AvgIpc) is 2.78. The molecule has 2 heterocycles. The van der Waals surface area contributed by atoms with Crippen molar-refractivity contribution >= 4 is 27.3 Å². The number of hydrogen-bond donors (Lipinski definition) is 1. The molecule has 0 aliphatic carbocycles. The Balaban J connectivity index is 2.30. The molecule has 5 heteroatoms. The number of rotatable bonds is 5. The molecule has 0 spiro atoms. The molecule has 1 unspecified atom stereocenters. The van der Waals surface area contributed by atoms with Crippen LogP contribution < -0.4 is 5.32 Å². The van der Waals surface area contributed by atoms with Crippen molar-refractivity contribution in [2.75, 3.05) is 6.54 Å². The van der Waals surface area contributed by atoms with Gasteiger partial charge in [0.15, 0.2) is 0 Å². The van der Waals surface area contributed by atoms with Crippen molar-refractivity contribution in [2.24, 2.45) is 0 Å². The summed E-state index contributed by atoms with van der Waals surface area (Å²) in [5.74, 6) is 0.827. The van der Waals surface area contributed by atoms with Crippen LogP contribution in [0.3, 0.4) is 0 Å². The molecule has 0 saturated heterocycles. The van der Waals surface area contributed by atoms with Crippen molar-refractivity contribution in [2.45, 2.75) is 26.3 Å². The standard InChI is InChI=1S/C13H16BrN3S/c1-3-4-15-12(10-7-18-8-11(10)14)13-16-5-9(2)6-17-13/h5-8,12,15H,3-4H2,1-2H3. The Hall–Kier alpha value is -0.780. The predicted molar refractivity (Wildman–Crippen MR) is 78.9 cm³/mol. The van der Waals surface area contributed by atoms with E-state index in [1.54, 1.807) is 11.3 Å². The summed E-state index contributed by atoms with van der Waals surface area (Å²) in [6.07, 6.45) is 4.82. The number of aryl methyl sites for hydroxylation is 1. The normalized spacial score (nSPS) is 12.6. The van der Waals surface area contributed by atoms with Crippen LogP contribution in [-0.4, -0.2) is 16.5 Å². The highest BCUT2D eigenvalue weighted by atomic mass is 79.9. The summed E-state index contributed by atoms with van der Waals surface area (Å²) in [7, 11) is 0. The number of nitrogens with zero attached hydrogens (tertiary/aromatic N) is 2. The van der Waals surface area contributed by atoms with Gasteiger partial charge in [0.1, 0.15) is 5.82 Å². The number of halogens is 1. The van der Waals surface area contributed by atoms with Crippen molar-refractivity contribution in [3.8, 4) is 0 Å². The van der Waals surface area contributed by atoms with Crippen molar-refractivity contribution in [3.05, 3.63) is 44.6 Å². The van der Waals surface area contributed by atoms with Gasteiger partial charge in [0.25, 0.3) is 0 Å². The van der Waals surface area contributed by atoms with Gasteiger partial charge in [-0.05, 0) is 46.8 Å². The zero-order valence-corrected chi connectivity index (χ0v) is 12.9. The second kappa shape index (κ2) is 6.41. The van der Waals surface area contributed by atoms with Gasteiger partial charge in [0, 0.05) is 27.8 Å². The molecule has 1 atom stereocenters. The molecule has 0 radical (unpaired) electrons. The van der Waals surface area contributed by atoms with E-state index < -0.39 is 0 Å². The topological polar surface area (TPSA) is 37.8 Å². The second-order valence-electron chi connectivity index (χ2n) is 4.18. The Morgan fingerprint density at radius 2 is 2.06 bits per heavy atom. The number of nitrogens with one attached hydrogen (secondary N) is 1. The minimum atomic E-state index is 0.0613. The minimum Gasteiger partial charge on any atom is -0.304 e. The van der Waals surface area contributed by atoms with Gasteiger partial charge in [-0.25, -0.2) is 9.97 Å². The molecule has 0 amide bonds. The van der Waals surface area contributed by atoms with E-state index in [2.05, 4.69) is 48.9 Å². The van der Waals surface area contributed by atoms with Gasteiger partial charge in [-0.15, -0.1) is 0 Å². The first kappa shape index (κ1) is 13.6. The zero-order valence-electron chi connectivity index (χ0n) is 10.5. The lowest BCUT2D eigenvalue weighted by Crippen LogP contribution is -2.25. The average molecular weight is 326 g/mol. The van der Waals surface area contributed by atoms with Gasteiger partial charge >= 0.3 is 0 Å².